The van der Waals surface area contributed by atoms with Gasteiger partial charge in [-0.25, -0.2) is 0 Å². The van der Waals surface area contributed by atoms with Crippen molar-refractivity contribution in [1.82, 2.24) is 0 Å². The Kier molecular flexibility index (Phi) is 8.44. The minimum atomic E-state index is 0.165. The van der Waals surface area contributed by atoms with Crippen LogP contribution in [0.3, 0.4) is 0 Å². The van der Waals surface area contributed by atoms with Crippen LogP contribution in [-0.4, -0.2) is 18.3 Å². The number of phenolic OH excluding ortho intramolecular Hbond substituents is 1. The molecular formula is C22H32O3. The van der Waals surface area contributed by atoms with E-state index in [-0.39, 0.29) is 5.75 Å². The highest BCUT2D eigenvalue weighted by Crippen LogP contribution is 2.41. The Labute approximate surface area is 152 Å². The maximum atomic E-state index is 10.4. The summed E-state index contributed by atoms with van der Waals surface area (Å²) in [6.07, 6.45) is 9.27. The molecule has 0 unspecified atom stereocenters. The van der Waals surface area contributed by atoms with Gasteiger partial charge in [0.1, 0.15) is 5.75 Å². The lowest BCUT2D eigenvalue weighted by Gasteiger charge is -2.15. The lowest BCUT2D eigenvalue weighted by Crippen LogP contribution is -2.01. The lowest BCUT2D eigenvalue weighted by atomic mass is 10.1. The third-order valence-electron chi connectivity index (χ3n) is 4.44. The van der Waals surface area contributed by atoms with Crippen LogP contribution in [0.2, 0.25) is 0 Å². The van der Waals surface area contributed by atoms with Gasteiger partial charge in [0.25, 0.3) is 0 Å². The molecule has 0 aliphatic rings. The molecule has 138 valence electrons. The molecule has 0 aromatic heterocycles. The molecule has 0 aliphatic heterocycles. The van der Waals surface area contributed by atoms with Crippen LogP contribution in [0.1, 0.15) is 65.2 Å². The highest BCUT2D eigenvalue weighted by molar-refractivity contribution is 5.95. The molecule has 0 atom stereocenters. The van der Waals surface area contributed by atoms with E-state index in [0.717, 1.165) is 35.8 Å². The first-order valence-corrected chi connectivity index (χ1v) is 9.78. The van der Waals surface area contributed by atoms with Crippen LogP contribution in [0, 0.1) is 0 Å². The fraction of sp³-hybridized carbons (Fsp3) is 0.545. The normalized spacial score (nSPS) is 11.0. The van der Waals surface area contributed by atoms with Crippen LogP contribution in [0.15, 0.2) is 30.3 Å². The van der Waals surface area contributed by atoms with Gasteiger partial charge in [-0.1, -0.05) is 76.6 Å². The highest BCUT2D eigenvalue weighted by atomic mass is 16.5. The standard InChI is InChI=1S/C22H32O3/c1-3-5-7-11-15-24-21-17-20(23)22(25-16-12-8-6-4-2)19-14-10-9-13-18(19)21/h9-10,13-14,17,23H,3-8,11-12,15-16H2,1-2H3. The zero-order chi connectivity index (χ0) is 17.9. The van der Waals surface area contributed by atoms with Crippen molar-refractivity contribution in [3.63, 3.8) is 0 Å². The van der Waals surface area contributed by atoms with Crippen molar-refractivity contribution in [3.05, 3.63) is 30.3 Å². The molecule has 0 amide bonds. The number of unbranched alkanes of at least 4 members (excludes halogenated alkanes) is 6. The fourth-order valence-electron chi connectivity index (χ4n) is 2.99. The number of benzene rings is 2. The molecule has 1 N–H and O–H groups in total. The molecule has 0 spiro atoms. The molecule has 0 fully saturated rings. The molecule has 3 heteroatoms. The molecular weight excluding hydrogens is 312 g/mol. The summed E-state index contributed by atoms with van der Waals surface area (Å²) in [4.78, 5) is 0. The van der Waals surface area contributed by atoms with Crippen LogP contribution in [-0.2, 0) is 0 Å². The van der Waals surface area contributed by atoms with E-state index in [9.17, 15) is 5.11 Å². The first-order valence-electron chi connectivity index (χ1n) is 9.78. The Balaban J connectivity index is 2.07. The summed E-state index contributed by atoms with van der Waals surface area (Å²) in [5.41, 5.74) is 0. The Morgan fingerprint density at radius 1 is 0.760 bits per heavy atom. The van der Waals surface area contributed by atoms with Gasteiger partial charge < -0.3 is 14.6 Å². The maximum Gasteiger partial charge on any atom is 0.168 e. The second-order valence-electron chi connectivity index (χ2n) is 6.59. The topological polar surface area (TPSA) is 38.7 Å². The van der Waals surface area contributed by atoms with E-state index in [0.29, 0.717) is 19.0 Å². The van der Waals surface area contributed by atoms with Crippen molar-refractivity contribution in [3.8, 4) is 17.2 Å². The van der Waals surface area contributed by atoms with E-state index >= 15 is 0 Å². The Morgan fingerprint density at radius 2 is 1.36 bits per heavy atom. The molecule has 2 aromatic carbocycles. The average molecular weight is 344 g/mol. The van der Waals surface area contributed by atoms with Gasteiger partial charge in [0.15, 0.2) is 11.5 Å². The molecule has 0 heterocycles. The SMILES string of the molecule is CCCCCCOc1cc(O)c(OCCCCCC)c2ccccc12. The third kappa shape index (κ3) is 5.84. The predicted molar refractivity (Wildman–Crippen MR) is 105 cm³/mol. The number of hydrogen-bond acceptors (Lipinski definition) is 3. The van der Waals surface area contributed by atoms with E-state index in [1.54, 1.807) is 6.07 Å². The summed E-state index contributed by atoms with van der Waals surface area (Å²) in [5, 5.41) is 12.3. The zero-order valence-electron chi connectivity index (χ0n) is 15.7. The van der Waals surface area contributed by atoms with Crippen molar-refractivity contribution < 1.29 is 14.6 Å². The van der Waals surface area contributed by atoms with E-state index in [2.05, 4.69) is 13.8 Å². The molecule has 0 saturated carbocycles. The second kappa shape index (κ2) is 10.9. The van der Waals surface area contributed by atoms with Crippen LogP contribution >= 0.6 is 0 Å². The average Bonchev–Trinajstić information content (AvgIpc) is 2.63. The quantitative estimate of drug-likeness (QED) is 0.449. The van der Waals surface area contributed by atoms with Gasteiger partial charge in [-0.15, -0.1) is 0 Å². The van der Waals surface area contributed by atoms with Crippen molar-refractivity contribution in [2.75, 3.05) is 13.2 Å². The van der Waals surface area contributed by atoms with Gasteiger partial charge in [-0.05, 0) is 12.8 Å². The summed E-state index contributed by atoms with van der Waals surface area (Å²) >= 11 is 0. The van der Waals surface area contributed by atoms with Gasteiger partial charge in [0, 0.05) is 16.8 Å². The number of fused-ring (bicyclic) bond motifs is 1. The van der Waals surface area contributed by atoms with Gasteiger partial charge >= 0.3 is 0 Å². The number of aromatic hydroxyl groups is 1. The number of hydrogen-bond donors (Lipinski definition) is 1. The van der Waals surface area contributed by atoms with Gasteiger partial charge in [0.2, 0.25) is 0 Å². The first-order chi connectivity index (χ1) is 12.3. The minimum Gasteiger partial charge on any atom is -0.504 e. The summed E-state index contributed by atoms with van der Waals surface area (Å²) < 4.78 is 11.8. The molecule has 0 aliphatic carbocycles. The maximum absolute atomic E-state index is 10.4. The van der Waals surface area contributed by atoms with Crippen LogP contribution < -0.4 is 9.47 Å². The summed E-state index contributed by atoms with van der Waals surface area (Å²) in [6, 6.07) is 9.68. The molecule has 0 bridgehead atoms. The van der Waals surface area contributed by atoms with Gasteiger partial charge in [0.05, 0.1) is 13.2 Å². The number of ether oxygens (including phenoxy) is 2. The largest absolute Gasteiger partial charge is 0.504 e. The van der Waals surface area contributed by atoms with Crippen molar-refractivity contribution in [1.29, 1.82) is 0 Å². The fourth-order valence-corrected chi connectivity index (χ4v) is 2.99. The predicted octanol–water partition coefficient (Wildman–Crippen LogP) is 6.46. The van der Waals surface area contributed by atoms with E-state index in [1.165, 1.54) is 32.1 Å². The van der Waals surface area contributed by atoms with Gasteiger partial charge in [-0.3, -0.25) is 0 Å². The molecule has 25 heavy (non-hydrogen) atoms. The molecule has 2 aromatic rings. The summed E-state index contributed by atoms with van der Waals surface area (Å²) in [5.74, 6) is 1.48. The van der Waals surface area contributed by atoms with Crippen molar-refractivity contribution in [2.24, 2.45) is 0 Å². The van der Waals surface area contributed by atoms with E-state index in [4.69, 9.17) is 9.47 Å². The van der Waals surface area contributed by atoms with Crippen LogP contribution in [0.25, 0.3) is 10.8 Å². The molecule has 2 rings (SSSR count). The van der Waals surface area contributed by atoms with Crippen LogP contribution in [0.5, 0.6) is 17.2 Å². The summed E-state index contributed by atoms with van der Waals surface area (Å²) in [6.45, 7) is 5.71. The Bertz CT molecular complexity index is 636. The number of rotatable bonds is 12. The molecule has 0 radical (unpaired) electrons. The minimum absolute atomic E-state index is 0.165. The molecule has 0 saturated heterocycles. The Hall–Kier alpha value is -1.90. The molecule has 3 nitrogen and oxygen atoms in total. The monoisotopic (exact) mass is 344 g/mol. The third-order valence-corrected chi connectivity index (χ3v) is 4.44. The van der Waals surface area contributed by atoms with Crippen molar-refractivity contribution >= 4 is 10.8 Å². The Morgan fingerprint density at radius 3 is 2.00 bits per heavy atom. The smallest absolute Gasteiger partial charge is 0.168 e. The van der Waals surface area contributed by atoms with E-state index < -0.39 is 0 Å². The van der Waals surface area contributed by atoms with Crippen molar-refractivity contribution in [2.45, 2.75) is 65.2 Å². The van der Waals surface area contributed by atoms with E-state index in [1.807, 2.05) is 24.3 Å². The first kappa shape index (κ1) is 19.4. The zero-order valence-corrected chi connectivity index (χ0v) is 15.7. The summed E-state index contributed by atoms with van der Waals surface area (Å²) in [7, 11) is 0. The second-order valence-corrected chi connectivity index (χ2v) is 6.59. The number of phenols is 1. The lowest BCUT2D eigenvalue weighted by molar-refractivity contribution is 0.288. The van der Waals surface area contributed by atoms with Gasteiger partial charge in [-0.2, -0.15) is 0 Å². The van der Waals surface area contributed by atoms with Crippen LogP contribution in [0.4, 0.5) is 0 Å². The highest BCUT2D eigenvalue weighted by Gasteiger charge is 2.13.